The number of aromatic nitrogens is 1. The quantitative estimate of drug-likeness (QED) is 0.721. The number of rotatable bonds is 0. The fraction of sp³-hybridized carbons (Fsp3) is 0.250. The molecule has 0 spiro atoms. The number of nitrogens with one attached hydrogen (secondary N) is 1. The molecule has 0 saturated heterocycles. The van der Waals surface area contributed by atoms with Gasteiger partial charge in [-0.05, 0) is 34.0 Å². The van der Waals surface area contributed by atoms with Crippen molar-refractivity contribution >= 4 is 21.8 Å². The molecule has 0 unspecified atom stereocenters. The van der Waals surface area contributed by atoms with E-state index in [2.05, 4.69) is 26.2 Å². The van der Waals surface area contributed by atoms with Crippen LogP contribution in [0.2, 0.25) is 0 Å². The van der Waals surface area contributed by atoms with Gasteiger partial charge in [0.1, 0.15) is 5.69 Å². The summed E-state index contributed by atoms with van der Waals surface area (Å²) in [6, 6.07) is 1.95. The average molecular weight is 227 g/mol. The van der Waals surface area contributed by atoms with E-state index in [4.69, 9.17) is 0 Å². The van der Waals surface area contributed by atoms with Crippen LogP contribution in [-0.4, -0.2) is 17.4 Å². The van der Waals surface area contributed by atoms with Gasteiger partial charge in [0.15, 0.2) is 0 Å². The Morgan fingerprint density at radius 2 is 2.42 bits per heavy atom. The van der Waals surface area contributed by atoms with E-state index in [0.717, 1.165) is 16.5 Å². The molecule has 1 N–H and O–H groups in total. The minimum absolute atomic E-state index is 0.0660. The van der Waals surface area contributed by atoms with Crippen LogP contribution in [0.1, 0.15) is 16.1 Å². The summed E-state index contributed by atoms with van der Waals surface area (Å²) in [6.45, 7) is 0.712. The lowest BCUT2D eigenvalue weighted by Gasteiger charge is -2.14. The maximum atomic E-state index is 11.2. The summed E-state index contributed by atoms with van der Waals surface area (Å²) in [5.74, 6) is -0.0660. The van der Waals surface area contributed by atoms with Gasteiger partial charge in [0.2, 0.25) is 0 Å². The van der Waals surface area contributed by atoms with Gasteiger partial charge in [0.25, 0.3) is 5.91 Å². The normalized spacial score (nSPS) is 15.2. The third-order valence-electron chi connectivity index (χ3n) is 1.83. The Balaban J connectivity index is 2.53. The summed E-state index contributed by atoms with van der Waals surface area (Å²) in [5, 5.41) is 2.74. The fourth-order valence-electron chi connectivity index (χ4n) is 1.27. The molecule has 2 rings (SSSR count). The lowest BCUT2D eigenvalue weighted by molar-refractivity contribution is 0.0940. The highest BCUT2D eigenvalue weighted by Gasteiger charge is 2.17. The molecular weight excluding hydrogens is 220 g/mol. The number of hydrogen-bond donors (Lipinski definition) is 1. The monoisotopic (exact) mass is 226 g/mol. The molecule has 0 atom stereocenters. The Hall–Kier alpha value is -0.900. The van der Waals surface area contributed by atoms with E-state index in [1.807, 2.05) is 6.07 Å². The predicted molar refractivity (Wildman–Crippen MR) is 48.0 cm³/mol. The number of fused-ring (bicyclic) bond motifs is 1. The first-order valence-electron chi connectivity index (χ1n) is 3.70. The molecule has 1 amide bonds. The minimum atomic E-state index is -0.0660. The summed E-state index contributed by atoms with van der Waals surface area (Å²) >= 11 is 3.32. The third kappa shape index (κ3) is 1.22. The molecule has 1 aromatic rings. The van der Waals surface area contributed by atoms with Crippen LogP contribution in [0.15, 0.2) is 16.7 Å². The Bertz CT molecular complexity index is 338. The van der Waals surface area contributed by atoms with Gasteiger partial charge in [-0.25, -0.2) is 4.98 Å². The maximum absolute atomic E-state index is 11.2. The predicted octanol–water partition coefficient (Wildman–Crippen LogP) is 1.13. The molecule has 0 bridgehead atoms. The van der Waals surface area contributed by atoms with Crippen molar-refractivity contribution in [2.75, 3.05) is 6.54 Å². The number of pyridine rings is 1. The lowest BCUT2D eigenvalue weighted by atomic mass is 10.1. The van der Waals surface area contributed by atoms with Gasteiger partial charge in [-0.2, -0.15) is 0 Å². The lowest BCUT2D eigenvalue weighted by Crippen LogP contribution is -2.32. The van der Waals surface area contributed by atoms with Crippen LogP contribution in [0.4, 0.5) is 0 Å². The van der Waals surface area contributed by atoms with Crippen molar-refractivity contribution in [2.24, 2.45) is 0 Å². The molecule has 0 fully saturated rings. The van der Waals surface area contributed by atoms with Crippen LogP contribution in [0.25, 0.3) is 0 Å². The highest BCUT2D eigenvalue weighted by molar-refractivity contribution is 9.10. The highest BCUT2D eigenvalue weighted by Crippen LogP contribution is 2.16. The standard InChI is InChI=1S/C8H7BrN2O/c9-6-3-5-1-2-10-8(12)7(5)11-4-6/h3-4H,1-2H2,(H,10,12). The van der Waals surface area contributed by atoms with Crippen molar-refractivity contribution in [1.82, 2.24) is 10.3 Å². The number of carbonyl (C=O) groups is 1. The van der Waals surface area contributed by atoms with Gasteiger partial charge >= 0.3 is 0 Å². The first-order chi connectivity index (χ1) is 5.77. The zero-order chi connectivity index (χ0) is 8.55. The Labute approximate surface area is 78.3 Å². The van der Waals surface area contributed by atoms with Crippen molar-refractivity contribution in [3.8, 4) is 0 Å². The summed E-state index contributed by atoms with van der Waals surface area (Å²) < 4.78 is 0.927. The van der Waals surface area contributed by atoms with Crippen molar-refractivity contribution in [3.05, 3.63) is 28.0 Å². The van der Waals surface area contributed by atoms with Gasteiger partial charge in [0.05, 0.1) is 0 Å². The van der Waals surface area contributed by atoms with E-state index < -0.39 is 0 Å². The molecule has 12 heavy (non-hydrogen) atoms. The molecule has 0 aromatic carbocycles. The van der Waals surface area contributed by atoms with E-state index in [0.29, 0.717) is 12.2 Å². The maximum Gasteiger partial charge on any atom is 0.270 e. The van der Waals surface area contributed by atoms with Gasteiger partial charge < -0.3 is 5.32 Å². The van der Waals surface area contributed by atoms with E-state index >= 15 is 0 Å². The molecule has 4 heteroatoms. The van der Waals surface area contributed by atoms with E-state index in [-0.39, 0.29) is 5.91 Å². The van der Waals surface area contributed by atoms with Crippen molar-refractivity contribution in [2.45, 2.75) is 6.42 Å². The number of hydrogen-bond acceptors (Lipinski definition) is 2. The second-order valence-electron chi connectivity index (χ2n) is 2.67. The smallest absolute Gasteiger partial charge is 0.270 e. The van der Waals surface area contributed by atoms with Crippen LogP contribution in [-0.2, 0) is 6.42 Å². The third-order valence-corrected chi connectivity index (χ3v) is 2.26. The number of amides is 1. The Morgan fingerprint density at radius 3 is 3.25 bits per heavy atom. The zero-order valence-corrected chi connectivity index (χ0v) is 7.89. The molecule has 1 aliphatic heterocycles. The van der Waals surface area contributed by atoms with Gasteiger partial charge in [-0.1, -0.05) is 0 Å². The van der Waals surface area contributed by atoms with Crippen LogP contribution in [0, 0.1) is 0 Å². The van der Waals surface area contributed by atoms with Crippen molar-refractivity contribution in [1.29, 1.82) is 0 Å². The summed E-state index contributed by atoms with van der Waals surface area (Å²) in [4.78, 5) is 15.2. The molecule has 0 radical (unpaired) electrons. The fourth-order valence-corrected chi connectivity index (χ4v) is 1.65. The second-order valence-corrected chi connectivity index (χ2v) is 3.58. The largest absolute Gasteiger partial charge is 0.350 e. The van der Waals surface area contributed by atoms with Crippen molar-refractivity contribution in [3.63, 3.8) is 0 Å². The number of carbonyl (C=O) groups excluding carboxylic acids is 1. The molecule has 3 nitrogen and oxygen atoms in total. The molecule has 0 aliphatic carbocycles. The summed E-state index contributed by atoms with van der Waals surface area (Å²) in [7, 11) is 0. The van der Waals surface area contributed by atoms with E-state index in [1.165, 1.54) is 0 Å². The zero-order valence-electron chi connectivity index (χ0n) is 6.30. The molecule has 2 heterocycles. The van der Waals surface area contributed by atoms with Crippen LogP contribution < -0.4 is 5.32 Å². The molecule has 1 aromatic heterocycles. The second kappa shape index (κ2) is 2.86. The number of nitrogens with zero attached hydrogens (tertiary/aromatic N) is 1. The van der Waals surface area contributed by atoms with E-state index in [1.54, 1.807) is 6.20 Å². The minimum Gasteiger partial charge on any atom is -0.350 e. The highest BCUT2D eigenvalue weighted by atomic mass is 79.9. The first-order valence-corrected chi connectivity index (χ1v) is 4.49. The van der Waals surface area contributed by atoms with Crippen molar-refractivity contribution < 1.29 is 4.79 Å². The van der Waals surface area contributed by atoms with Gasteiger partial charge in [-0.3, -0.25) is 4.79 Å². The van der Waals surface area contributed by atoms with Crippen LogP contribution >= 0.6 is 15.9 Å². The Kier molecular flexibility index (Phi) is 1.84. The van der Waals surface area contributed by atoms with Gasteiger partial charge in [-0.15, -0.1) is 0 Å². The summed E-state index contributed by atoms with van der Waals surface area (Å²) in [6.07, 6.45) is 2.51. The number of halogens is 1. The Morgan fingerprint density at radius 1 is 1.58 bits per heavy atom. The SMILES string of the molecule is O=C1NCCc2cc(Br)cnc21. The average Bonchev–Trinajstić information content (AvgIpc) is 2.04. The molecule has 1 aliphatic rings. The summed E-state index contributed by atoms with van der Waals surface area (Å²) in [5.41, 5.74) is 1.58. The van der Waals surface area contributed by atoms with Crippen LogP contribution in [0.5, 0.6) is 0 Å². The van der Waals surface area contributed by atoms with Crippen LogP contribution in [0.3, 0.4) is 0 Å². The molecule has 62 valence electrons. The first kappa shape index (κ1) is 7.73. The topological polar surface area (TPSA) is 42.0 Å². The van der Waals surface area contributed by atoms with Gasteiger partial charge in [0, 0.05) is 17.2 Å². The molecule has 0 saturated carbocycles. The molecular formula is C8H7BrN2O. The van der Waals surface area contributed by atoms with E-state index in [9.17, 15) is 4.79 Å².